The van der Waals surface area contributed by atoms with Gasteiger partial charge in [0.05, 0.1) is 23.6 Å². The molecule has 29 heavy (non-hydrogen) atoms. The van der Waals surface area contributed by atoms with Gasteiger partial charge in [0.25, 0.3) is 0 Å². The summed E-state index contributed by atoms with van der Waals surface area (Å²) in [6.07, 6.45) is 0.741. The zero-order chi connectivity index (χ0) is 21.0. The number of hydrogen-bond acceptors (Lipinski definition) is 6. The lowest BCUT2D eigenvalue weighted by Crippen LogP contribution is -2.13. The molecule has 0 aliphatic heterocycles. The second-order valence-corrected chi connectivity index (χ2v) is 7.64. The van der Waals surface area contributed by atoms with Crippen molar-refractivity contribution in [3.8, 4) is 5.69 Å². The molecule has 0 aliphatic rings. The molecular formula is C21H25N3O4S. The third kappa shape index (κ3) is 4.59. The highest BCUT2D eigenvalue weighted by molar-refractivity contribution is 7.72. The van der Waals surface area contributed by atoms with Gasteiger partial charge < -0.3 is 10.1 Å². The van der Waals surface area contributed by atoms with Gasteiger partial charge in [0.1, 0.15) is 11.7 Å². The van der Waals surface area contributed by atoms with E-state index >= 15 is 0 Å². The molecular weight excluding hydrogens is 390 g/mol. The summed E-state index contributed by atoms with van der Waals surface area (Å²) in [7, 11) is -2.49. The predicted molar refractivity (Wildman–Crippen MR) is 114 cm³/mol. The van der Waals surface area contributed by atoms with Gasteiger partial charge in [-0.15, -0.1) is 0 Å². The number of aryl methyl sites for hydroxylation is 1. The average Bonchev–Trinajstić information content (AvgIpc) is 3.09. The van der Waals surface area contributed by atoms with Gasteiger partial charge in [-0.05, 0) is 49.7 Å². The molecule has 8 heteroatoms. The number of nitrogens with one attached hydrogen (secondary N) is 1. The number of benzene rings is 2. The summed E-state index contributed by atoms with van der Waals surface area (Å²) in [5.41, 5.74) is 4.28. The number of nitrogens with zero attached hydrogens (tertiary/aromatic N) is 2. The normalized spacial score (nSPS) is 12.3. The topological polar surface area (TPSA) is 90.3 Å². The Morgan fingerprint density at radius 2 is 1.90 bits per heavy atom. The van der Waals surface area contributed by atoms with Gasteiger partial charge in [0, 0.05) is 17.8 Å². The summed E-state index contributed by atoms with van der Waals surface area (Å²) in [6, 6.07) is 13.4. The first-order valence-corrected chi connectivity index (χ1v) is 10.9. The van der Waals surface area contributed by atoms with Crippen LogP contribution in [0.3, 0.4) is 0 Å². The minimum atomic E-state index is -2.49. The Labute approximate surface area is 171 Å². The maximum atomic E-state index is 12.0. The van der Waals surface area contributed by atoms with Gasteiger partial charge in [-0.25, -0.2) is 13.4 Å². The van der Waals surface area contributed by atoms with Crippen LogP contribution in [-0.4, -0.2) is 36.4 Å². The number of fused-ring (bicyclic) bond motifs is 1. The van der Waals surface area contributed by atoms with Crippen molar-refractivity contribution in [2.24, 2.45) is 0 Å². The Morgan fingerprint density at radius 3 is 2.52 bits per heavy atom. The van der Waals surface area contributed by atoms with Gasteiger partial charge in [0.15, 0.2) is 10.7 Å². The number of imidazole rings is 1. The number of ether oxygens (including phenoxy) is 1. The van der Waals surface area contributed by atoms with Crippen LogP contribution in [0.15, 0.2) is 42.5 Å². The third-order valence-electron chi connectivity index (χ3n) is 4.74. The summed E-state index contributed by atoms with van der Waals surface area (Å²) < 4.78 is 28.8. The fraction of sp³-hybridized carbons (Fsp3) is 0.333. The van der Waals surface area contributed by atoms with E-state index in [1.807, 2.05) is 56.3 Å². The SMILES string of the molecule is CCOC(=O)C(C)c1ccc(-n2c(CC)nc3cc(NC[SH](=O)=O)ccc32)cc1. The molecule has 1 atom stereocenters. The number of carbonyl (C=O) groups is 1. The molecule has 1 heterocycles. The van der Waals surface area contributed by atoms with E-state index in [1.165, 1.54) is 0 Å². The van der Waals surface area contributed by atoms with Crippen molar-refractivity contribution >= 4 is 33.4 Å². The van der Waals surface area contributed by atoms with Crippen LogP contribution in [0.2, 0.25) is 0 Å². The summed E-state index contributed by atoms with van der Waals surface area (Å²) in [6.45, 7) is 6.04. The van der Waals surface area contributed by atoms with Gasteiger partial charge >= 0.3 is 5.97 Å². The molecule has 3 aromatic rings. The van der Waals surface area contributed by atoms with Crippen molar-refractivity contribution in [1.82, 2.24) is 9.55 Å². The Kier molecular flexibility index (Phi) is 6.53. The second-order valence-electron chi connectivity index (χ2n) is 6.65. The summed E-state index contributed by atoms with van der Waals surface area (Å²) in [5, 5.41) is 2.87. The smallest absolute Gasteiger partial charge is 0.313 e. The standard InChI is InChI=1S/C21H25N3O4S/c1-4-20-23-18-12-16(22-13-29(26)27)8-11-19(18)24(20)17-9-6-15(7-10-17)14(3)21(25)28-5-2/h6-12,14,22,29H,4-5,13H2,1-3H3. The second kappa shape index (κ2) is 9.09. The Morgan fingerprint density at radius 1 is 1.17 bits per heavy atom. The monoisotopic (exact) mass is 415 g/mol. The maximum absolute atomic E-state index is 12.0. The number of rotatable bonds is 8. The van der Waals surface area contributed by atoms with E-state index in [9.17, 15) is 13.2 Å². The first-order chi connectivity index (χ1) is 13.9. The van der Waals surface area contributed by atoms with E-state index in [0.29, 0.717) is 12.3 Å². The van der Waals surface area contributed by atoms with E-state index in [2.05, 4.69) is 9.88 Å². The van der Waals surface area contributed by atoms with Crippen molar-refractivity contribution in [3.05, 3.63) is 53.9 Å². The van der Waals surface area contributed by atoms with E-state index in [1.54, 1.807) is 6.92 Å². The molecule has 0 bridgehead atoms. The number of hydrogen-bond donors (Lipinski definition) is 2. The highest BCUT2D eigenvalue weighted by atomic mass is 32.2. The molecule has 0 saturated carbocycles. The largest absolute Gasteiger partial charge is 0.466 e. The van der Waals surface area contributed by atoms with Gasteiger partial charge in [-0.2, -0.15) is 0 Å². The zero-order valence-electron chi connectivity index (χ0n) is 16.7. The van der Waals surface area contributed by atoms with Crippen LogP contribution in [0, 0.1) is 0 Å². The molecule has 154 valence electrons. The lowest BCUT2D eigenvalue weighted by molar-refractivity contribution is -0.144. The number of esters is 1. The molecule has 0 radical (unpaired) electrons. The van der Waals surface area contributed by atoms with Crippen molar-refractivity contribution < 1.29 is 17.9 Å². The molecule has 0 spiro atoms. The number of thiol groups is 1. The highest BCUT2D eigenvalue weighted by Crippen LogP contribution is 2.26. The first-order valence-electron chi connectivity index (χ1n) is 9.58. The number of anilines is 1. The summed E-state index contributed by atoms with van der Waals surface area (Å²) in [5.74, 6) is 0.235. The van der Waals surface area contributed by atoms with Crippen LogP contribution in [0.5, 0.6) is 0 Å². The minimum Gasteiger partial charge on any atom is -0.466 e. The Hall–Kier alpha value is -2.87. The quantitative estimate of drug-likeness (QED) is 0.434. The van der Waals surface area contributed by atoms with Crippen molar-refractivity contribution in [3.63, 3.8) is 0 Å². The van der Waals surface area contributed by atoms with Crippen LogP contribution in [-0.2, 0) is 26.7 Å². The Bertz CT molecular complexity index is 1080. The molecule has 1 aromatic heterocycles. The van der Waals surface area contributed by atoms with Crippen LogP contribution < -0.4 is 5.32 Å². The molecule has 0 fully saturated rings. The van der Waals surface area contributed by atoms with E-state index in [0.717, 1.165) is 34.5 Å². The van der Waals surface area contributed by atoms with Crippen molar-refractivity contribution in [1.29, 1.82) is 0 Å². The van der Waals surface area contributed by atoms with Crippen LogP contribution >= 0.6 is 0 Å². The summed E-state index contributed by atoms with van der Waals surface area (Å²) >= 11 is 0. The number of carbonyl (C=O) groups excluding carboxylic acids is 1. The van der Waals surface area contributed by atoms with Crippen LogP contribution in [0.25, 0.3) is 16.7 Å². The molecule has 0 saturated heterocycles. The fourth-order valence-corrected chi connectivity index (χ4v) is 3.55. The van der Waals surface area contributed by atoms with Gasteiger partial charge in [0.2, 0.25) is 0 Å². The molecule has 0 aliphatic carbocycles. The first kappa shape index (κ1) is 20.9. The van der Waals surface area contributed by atoms with Gasteiger partial charge in [-0.1, -0.05) is 19.1 Å². The van der Waals surface area contributed by atoms with Crippen LogP contribution in [0.1, 0.15) is 38.1 Å². The highest BCUT2D eigenvalue weighted by Gasteiger charge is 2.17. The fourth-order valence-electron chi connectivity index (χ4n) is 3.24. The lowest BCUT2D eigenvalue weighted by Gasteiger charge is -2.13. The molecule has 1 unspecified atom stereocenters. The molecule has 0 amide bonds. The van der Waals surface area contributed by atoms with E-state index in [-0.39, 0.29) is 17.8 Å². The lowest BCUT2D eigenvalue weighted by atomic mass is 10.0. The predicted octanol–water partition coefficient (Wildman–Crippen LogP) is 3.24. The van der Waals surface area contributed by atoms with E-state index < -0.39 is 10.7 Å². The number of aromatic nitrogens is 2. The van der Waals surface area contributed by atoms with Crippen molar-refractivity contribution in [2.75, 3.05) is 17.8 Å². The van der Waals surface area contributed by atoms with Gasteiger partial charge in [-0.3, -0.25) is 9.36 Å². The summed E-state index contributed by atoms with van der Waals surface area (Å²) in [4.78, 5) is 16.7. The zero-order valence-corrected chi connectivity index (χ0v) is 17.6. The molecule has 1 N–H and O–H groups in total. The minimum absolute atomic E-state index is 0.109. The maximum Gasteiger partial charge on any atom is 0.313 e. The average molecular weight is 416 g/mol. The molecule has 7 nitrogen and oxygen atoms in total. The Balaban J connectivity index is 1.95. The third-order valence-corrected chi connectivity index (χ3v) is 5.16. The van der Waals surface area contributed by atoms with E-state index in [4.69, 9.17) is 9.72 Å². The van der Waals surface area contributed by atoms with Crippen molar-refractivity contribution in [2.45, 2.75) is 33.1 Å². The van der Waals surface area contributed by atoms with Crippen LogP contribution in [0.4, 0.5) is 5.69 Å². The molecule has 2 aromatic carbocycles. The molecule has 3 rings (SSSR count).